The van der Waals surface area contributed by atoms with Crippen LogP contribution in [0.4, 0.5) is 0 Å². The third-order valence-electron chi connectivity index (χ3n) is 1.49. The van der Waals surface area contributed by atoms with E-state index >= 15 is 0 Å². The quantitative estimate of drug-likeness (QED) is 0.606. The molecule has 3 heteroatoms. The minimum atomic E-state index is 0. The third kappa shape index (κ3) is 7.66. The molecule has 0 aliphatic carbocycles. The molecule has 2 nitrogen and oxygen atoms in total. The van der Waals surface area contributed by atoms with E-state index in [4.69, 9.17) is 0 Å². The largest absolute Gasteiger partial charge is 0.349 e. The van der Waals surface area contributed by atoms with Gasteiger partial charge in [0, 0.05) is 20.5 Å². The number of nitrogens with zero attached hydrogens (tertiary/aromatic N) is 1. The molecule has 0 radical (unpaired) electrons. The average Bonchev–Trinajstić information content (AvgIpc) is 1.88. The number of halogens is 1. The van der Waals surface area contributed by atoms with Crippen molar-refractivity contribution in [1.29, 1.82) is 0 Å². The Hall–Kier alpha value is -0.240. The highest BCUT2D eigenvalue weighted by Gasteiger charge is 2.01. The van der Waals surface area contributed by atoms with Crippen LogP contribution in [0.2, 0.25) is 0 Å². The Kier molecular flexibility index (Phi) is 9.55. The molecule has 0 fully saturated rings. The van der Waals surface area contributed by atoms with Gasteiger partial charge in [-0.25, -0.2) is 0 Å². The van der Waals surface area contributed by atoms with Crippen LogP contribution in [0.5, 0.6) is 0 Å². The number of hydrogen-bond acceptors (Lipinski definition) is 1. The number of amides is 1. The Bertz CT molecular complexity index is 104. The summed E-state index contributed by atoms with van der Waals surface area (Å²) in [6, 6.07) is 0. The Balaban J connectivity index is 0. The summed E-state index contributed by atoms with van der Waals surface area (Å²) in [5.41, 5.74) is 0. The predicted octanol–water partition coefficient (Wildman–Crippen LogP) is 2.08. The summed E-state index contributed by atoms with van der Waals surface area (Å²) in [6.07, 6.45) is 4.09. The summed E-state index contributed by atoms with van der Waals surface area (Å²) in [5, 5.41) is 0. The van der Waals surface area contributed by atoms with Crippen LogP contribution in [0, 0.1) is 0 Å². The number of unbranched alkanes of at least 4 members (excludes halogenated alkanes) is 2. The van der Waals surface area contributed by atoms with Crippen molar-refractivity contribution >= 4 is 18.3 Å². The lowest BCUT2D eigenvalue weighted by molar-refractivity contribution is -0.128. The van der Waals surface area contributed by atoms with Crippen LogP contribution in [0.25, 0.3) is 0 Å². The maximum absolute atomic E-state index is 10.9. The zero-order valence-electron chi connectivity index (χ0n) is 7.59. The first-order valence-corrected chi connectivity index (χ1v) is 3.88. The Morgan fingerprint density at radius 3 is 2.18 bits per heavy atom. The van der Waals surface area contributed by atoms with Crippen LogP contribution in [0.3, 0.4) is 0 Å². The fraction of sp³-hybridized carbons (Fsp3) is 0.875. The summed E-state index contributed by atoms with van der Waals surface area (Å²) in [6.45, 7) is 2.14. The fourth-order valence-electron chi connectivity index (χ4n) is 0.750. The highest BCUT2D eigenvalue weighted by molar-refractivity contribution is 5.85. The van der Waals surface area contributed by atoms with Crippen molar-refractivity contribution < 1.29 is 4.79 Å². The second-order valence-electron chi connectivity index (χ2n) is 2.75. The average molecular weight is 180 g/mol. The van der Waals surface area contributed by atoms with E-state index in [-0.39, 0.29) is 18.3 Å². The SMILES string of the molecule is CCCCCC(=O)N(C)C.Cl. The van der Waals surface area contributed by atoms with Crippen LogP contribution < -0.4 is 0 Å². The van der Waals surface area contributed by atoms with Crippen LogP contribution in [0.1, 0.15) is 32.6 Å². The van der Waals surface area contributed by atoms with Crippen molar-refractivity contribution in [2.24, 2.45) is 0 Å². The number of carbonyl (C=O) groups is 1. The van der Waals surface area contributed by atoms with Crippen LogP contribution >= 0.6 is 12.4 Å². The van der Waals surface area contributed by atoms with Gasteiger partial charge in [0.1, 0.15) is 0 Å². The molecule has 0 saturated carbocycles. The first kappa shape index (κ1) is 13.4. The van der Waals surface area contributed by atoms with Crippen molar-refractivity contribution in [2.45, 2.75) is 32.6 Å². The van der Waals surface area contributed by atoms with E-state index in [0.717, 1.165) is 6.42 Å². The molecular weight excluding hydrogens is 162 g/mol. The molecule has 0 aromatic carbocycles. The minimum absolute atomic E-state index is 0. The summed E-state index contributed by atoms with van der Waals surface area (Å²) >= 11 is 0. The monoisotopic (exact) mass is 179 g/mol. The molecule has 0 atom stereocenters. The van der Waals surface area contributed by atoms with E-state index in [0.29, 0.717) is 6.42 Å². The van der Waals surface area contributed by atoms with Gasteiger partial charge in [-0.1, -0.05) is 19.8 Å². The zero-order chi connectivity index (χ0) is 7.98. The van der Waals surface area contributed by atoms with Gasteiger partial charge in [0.05, 0.1) is 0 Å². The number of carbonyl (C=O) groups excluding carboxylic acids is 1. The number of hydrogen-bond donors (Lipinski definition) is 0. The van der Waals surface area contributed by atoms with Crippen LogP contribution in [-0.2, 0) is 4.79 Å². The lowest BCUT2D eigenvalue weighted by Gasteiger charge is -2.08. The molecule has 68 valence electrons. The van der Waals surface area contributed by atoms with Crippen LogP contribution in [0.15, 0.2) is 0 Å². The molecule has 1 amide bonds. The molecule has 0 aliphatic rings. The van der Waals surface area contributed by atoms with E-state index in [9.17, 15) is 4.79 Å². The van der Waals surface area contributed by atoms with Gasteiger partial charge < -0.3 is 4.90 Å². The molecule has 0 saturated heterocycles. The molecule has 0 spiro atoms. The fourth-order valence-corrected chi connectivity index (χ4v) is 0.750. The van der Waals surface area contributed by atoms with Crippen molar-refractivity contribution in [3.63, 3.8) is 0 Å². The summed E-state index contributed by atoms with van der Waals surface area (Å²) < 4.78 is 0. The topological polar surface area (TPSA) is 20.3 Å². The lowest BCUT2D eigenvalue weighted by atomic mass is 10.2. The van der Waals surface area contributed by atoms with E-state index < -0.39 is 0 Å². The molecule has 0 aliphatic heterocycles. The van der Waals surface area contributed by atoms with Gasteiger partial charge in [-0.2, -0.15) is 0 Å². The summed E-state index contributed by atoms with van der Waals surface area (Å²) in [5.74, 6) is 0.244. The smallest absolute Gasteiger partial charge is 0.222 e. The Morgan fingerprint density at radius 2 is 1.82 bits per heavy atom. The van der Waals surface area contributed by atoms with Crippen molar-refractivity contribution in [3.05, 3.63) is 0 Å². The minimum Gasteiger partial charge on any atom is -0.349 e. The van der Waals surface area contributed by atoms with Gasteiger partial charge in [-0.05, 0) is 6.42 Å². The molecule has 0 heterocycles. The molecule has 0 rings (SSSR count). The van der Waals surface area contributed by atoms with E-state index in [1.165, 1.54) is 12.8 Å². The maximum atomic E-state index is 10.9. The predicted molar refractivity (Wildman–Crippen MR) is 50.1 cm³/mol. The third-order valence-corrected chi connectivity index (χ3v) is 1.49. The Morgan fingerprint density at radius 1 is 1.27 bits per heavy atom. The van der Waals surface area contributed by atoms with Gasteiger partial charge in [0.25, 0.3) is 0 Å². The molecule has 0 aromatic rings. The van der Waals surface area contributed by atoms with Gasteiger partial charge in [-0.15, -0.1) is 12.4 Å². The second kappa shape index (κ2) is 7.86. The van der Waals surface area contributed by atoms with E-state index in [2.05, 4.69) is 6.92 Å². The molecule has 0 aromatic heterocycles. The molecular formula is C8H18ClNO. The highest BCUT2D eigenvalue weighted by Crippen LogP contribution is 2.00. The standard InChI is InChI=1S/C8H17NO.ClH/c1-4-5-6-7-8(10)9(2)3;/h4-7H2,1-3H3;1H. The summed E-state index contributed by atoms with van der Waals surface area (Å²) in [4.78, 5) is 12.6. The van der Waals surface area contributed by atoms with Gasteiger partial charge in [-0.3, -0.25) is 4.79 Å². The van der Waals surface area contributed by atoms with E-state index in [1.807, 2.05) is 0 Å². The number of rotatable bonds is 4. The van der Waals surface area contributed by atoms with Gasteiger partial charge in [0.2, 0.25) is 5.91 Å². The second-order valence-corrected chi connectivity index (χ2v) is 2.75. The molecule has 0 N–H and O–H groups in total. The zero-order valence-corrected chi connectivity index (χ0v) is 8.41. The van der Waals surface area contributed by atoms with Crippen molar-refractivity contribution in [3.8, 4) is 0 Å². The van der Waals surface area contributed by atoms with Gasteiger partial charge >= 0.3 is 0 Å². The van der Waals surface area contributed by atoms with E-state index in [1.54, 1.807) is 19.0 Å². The highest BCUT2D eigenvalue weighted by atomic mass is 35.5. The summed E-state index contributed by atoms with van der Waals surface area (Å²) in [7, 11) is 3.60. The molecule has 0 unspecified atom stereocenters. The first-order chi connectivity index (χ1) is 4.68. The lowest BCUT2D eigenvalue weighted by Crippen LogP contribution is -2.20. The van der Waals surface area contributed by atoms with Gasteiger partial charge in [0.15, 0.2) is 0 Å². The van der Waals surface area contributed by atoms with Crippen LogP contribution in [-0.4, -0.2) is 24.9 Å². The van der Waals surface area contributed by atoms with Crippen molar-refractivity contribution in [1.82, 2.24) is 4.90 Å². The maximum Gasteiger partial charge on any atom is 0.222 e. The molecule has 11 heavy (non-hydrogen) atoms. The molecule has 0 bridgehead atoms. The normalized spacial score (nSPS) is 8.64. The first-order valence-electron chi connectivity index (χ1n) is 3.88. The van der Waals surface area contributed by atoms with Crippen molar-refractivity contribution in [2.75, 3.05) is 14.1 Å². The Labute approximate surface area is 75.4 Å².